The molecule has 17 heavy (non-hydrogen) atoms. The standard InChI is InChI=1S/C16H17Br/c1-12-11-16(17)13(2)10-15(12)9-8-14-6-4-3-5-7-14/h3-7,10-11H,8-9H2,1-2H3. The minimum atomic E-state index is 1.11. The molecule has 1 heteroatoms. The quantitative estimate of drug-likeness (QED) is 0.757. The van der Waals surface area contributed by atoms with Crippen LogP contribution in [-0.4, -0.2) is 0 Å². The van der Waals surface area contributed by atoms with Crippen LogP contribution in [-0.2, 0) is 12.8 Å². The Morgan fingerprint density at radius 2 is 1.59 bits per heavy atom. The second-order valence-corrected chi connectivity index (χ2v) is 5.37. The summed E-state index contributed by atoms with van der Waals surface area (Å²) in [5, 5.41) is 0. The molecule has 0 atom stereocenters. The van der Waals surface area contributed by atoms with Crippen molar-refractivity contribution in [3.8, 4) is 0 Å². The lowest BCUT2D eigenvalue weighted by Gasteiger charge is -2.09. The summed E-state index contributed by atoms with van der Waals surface area (Å²) in [6, 6.07) is 15.2. The Bertz CT molecular complexity index is 500. The lowest BCUT2D eigenvalue weighted by atomic mass is 9.99. The van der Waals surface area contributed by atoms with Gasteiger partial charge in [0.2, 0.25) is 0 Å². The Balaban J connectivity index is 2.12. The van der Waals surface area contributed by atoms with Gasteiger partial charge < -0.3 is 0 Å². The van der Waals surface area contributed by atoms with E-state index in [-0.39, 0.29) is 0 Å². The van der Waals surface area contributed by atoms with Crippen molar-refractivity contribution in [1.29, 1.82) is 0 Å². The van der Waals surface area contributed by atoms with Gasteiger partial charge in [-0.1, -0.05) is 52.3 Å². The average molecular weight is 289 g/mol. The zero-order valence-electron chi connectivity index (χ0n) is 10.3. The molecule has 2 aromatic carbocycles. The highest BCUT2D eigenvalue weighted by Gasteiger charge is 2.03. The predicted octanol–water partition coefficient (Wildman–Crippen LogP) is 4.85. The third kappa shape index (κ3) is 3.19. The van der Waals surface area contributed by atoms with E-state index < -0.39 is 0 Å². The van der Waals surface area contributed by atoms with Crippen molar-refractivity contribution in [2.45, 2.75) is 26.7 Å². The van der Waals surface area contributed by atoms with Crippen LogP contribution in [0.1, 0.15) is 22.3 Å². The molecule has 0 aliphatic carbocycles. The van der Waals surface area contributed by atoms with Crippen LogP contribution in [0.3, 0.4) is 0 Å². The molecule has 0 N–H and O–H groups in total. The summed E-state index contributed by atoms with van der Waals surface area (Å²) in [6.07, 6.45) is 2.23. The van der Waals surface area contributed by atoms with Crippen molar-refractivity contribution >= 4 is 15.9 Å². The summed E-state index contributed by atoms with van der Waals surface area (Å²) in [6.45, 7) is 4.33. The first-order chi connectivity index (χ1) is 8.16. The number of rotatable bonds is 3. The molecule has 0 nitrogen and oxygen atoms in total. The smallest absolute Gasteiger partial charge is 0.0207 e. The highest BCUT2D eigenvalue weighted by molar-refractivity contribution is 9.10. The van der Waals surface area contributed by atoms with E-state index in [2.05, 4.69) is 72.2 Å². The maximum atomic E-state index is 3.58. The van der Waals surface area contributed by atoms with Gasteiger partial charge >= 0.3 is 0 Å². The van der Waals surface area contributed by atoms with Crippen LogP contribution in [0.5, 0.6) is 0 Å². The van der Waals surface area contributed by atoms with E-state index in [1.165, 1.54) is 26.7 Å². The molecule has 0 heterocycles. The number of hydrogen-bond donors (Lipinski definition) is 0. The molecule has 0 aliphatic rings. The Hall–Kier alpha value is -1.08. The molecule has 0 unspecified atom stereocenters. The first kappa shape index (κ1) is 12.4. The predicted molar refractivity (Wildman–Crippen MR) is 77.5 cm³/mol. The fourth-order valence-electron chi connectivity index (χ4n) is 2.03. The Labute approximate surface area is 112 Å². The minimum absolute atomic E-state index is 1.11. The van der Waals surface area contributed by atoms with Gasteiger partial charge in [0.1, 0.15) is 0 Å². The molecule has 88 valence electrons. The van der Waals surface area contributed by atoms with Crippen molar-refractivity contribution in [1.82, 2.24) is 0 Å². The molecule has 0 aromatic heterocycles. The van der Waals surface area contributed by atoms with Crippen molar-refractivity contribution in [2.24, 2.45) is 0 Å². The zero-order chi connectivity index (χ0) is 12.3. The number of benzene rings is 2. The molecule has 0 saturated heterocycles. The van der Waals surface area contributed by atoms with E-state index in [4.69, 9.17) is 0 Å². The highest BCUT2D eigenvalue weighted by atomic mass is 79.9. The maximum Gasteiger partial charge on any atom is 0.0207 e. The van der Waals surface area contributed by atoms with Gasteiger partial charge in [-0.15, -0.1) is 0 Å². The molecule has 0 bridgehead atoms. The summed E-state index contributed by atoms with van der Waals surface area (Å²) < 4.78 is 1.21. The normalized spacial score (nSPS) is 10.5. The van der Waals surface area contributed by atoms with Crippen molar-refractivity contribution < 1.29 is 0 Å². The second-order valence-electron chi connectivity index (χ2n) is 4.51. The lowest BCUT2D eigenvalue weighted by molar-refractivity contribution is 0.946. The van der Waals surface area contributed by atoms with Gasteiger partial charge in [0, 0.05) is 4.47 Å². The van der Waals surface area contributed by atoms with Crippen molar-refractivity contribution in [3.63, 3.8) is 0 Å². The highest BCUT2D eigenvalue weighted by Crippen LogP contribution is 2.22. The van der Waals surface area contributed by atoms with Gasteiger partial charge in [-0.2, -0.15) is 0 Å². The van der Waals surface area contributed by atoms with E-state index in [9.17, 15) is 0 Å². The number of halogens is 1. The molecule has 0 spiro atoms. The third-order valence-electron chi connectivity index (χ3n) is 3.14. The molecule has 2 aromatic rings. The van der Waals surface area contributed by atoms with Crippen LogP contribution in [0.25, 0.3) is 0 Å². The summed E-state index contributed by atoms with van der Waals surface area (Å²) in [5.41, 5.74) is 5.55. The van der Waals surface area contributed by atoms with Gasteiger partial charge in [0.15, 0.2) is 0 Å². The Morgan fingerprint density at radius 3 is 2.29 bits per heavy atom. The van der Waals surface area contributed by atoms with Gasteiger partial charge in [-0.3, -0.25) is 0 Å². The number of aryl methyl sites for hydroxylation is 4. The van der Waals surface area contributed by atoms with E-state index in [0.717, 1.165) is 12.8 Å². The summed E-state index contributed by atoms with van der Waals surface area (Å²) in [4.78, 5) is 0. The van der Waals surface area contributed by atoms with Gasteiger partial charge in [0.25, 0.3) is 0 Å². The van der Waals surface area contributed by atoms with Crippen LogP contribution in [0, 0.1) is 13.8 Å². The van der Waals surface area contributed by atoms with Gasteiger partial charge in [0.05, 0.1) is 0 Å². The first-order valence-electron chi connectivity index (χ1n) is 5.96. The monoisotopic (exact) mass is 288 g/mol. The lowest BCUT2D eigenvalue weighted by Crippen LogP contribution is -1.95. The SMILES string of the molecule is Cc1cc(CCc2ccccc2)c(C)cc1Br. The van der Waals surface area contributed by atoms with E-state index in [0.29, 0.717) is 0 Å². The van der Waals surface area contributed by atoms with E-state index in [1.807, 2.05) is 0 Å². The topological polar surface area (TPSA) is 0 Å². The zero-order valence-corrected chi connectivity index (χ0v) is 11.9. The molecule has 0 aliphatic heterocycles. The van der Waals surface area contributed by atoms with Gasteiger partial charge in [-0.25, -0.2) is 0 Å². The van der Waals surface area contributed by atoms with Crippen LogP contribution < -0.4 is 0 Å². The number of hydrogen-bond acceptors (Lipinski definition) is 0. The van der Waals surface area contributed by atoms with Crippen LogP contribution >= 0.6 is 15.9 Å². The molecule has 0 saturated carbocycles. The van der Waals surface area contributed by atoms with Crippen LogP contribution in [0.15, 0.2) is 46.9 Å². The summed E-state index contributed by atoms with van der Waals surface area (Å²) >= 11 is 3.58. The largest absolute Gasteiger partial charge is 0.0622 e. The second kappa shape index (κ2) is 5.50. The summed E-state index contributed by atoms with van der Waals surface area (Å²) in [5.74, 6) is 0. The minimum Gasteiger partial charge on any atom is -0.0622 e. The fourth-order valence-corrected chi connectivity index (χ4v) is 2.49. The molecule has 0 fully saturated rings. The fraction of sp³-hybridized carbons (Fsp3) is 0.250. The third-order valence-corrected chi connectivity index (χ3v) is 4.00. The van der Waals surface area contributed by atoms with Crippen molar-refractivity contribution in [2.75, 3.05) is 0 Å². The first-order valence-corrected chi connectivity index (χ1v) is 6.75. The van der Waals surface area contributed by atoms with Crippen molar-refractivity contribution in [3.05, 3.63) is 69.2 Å². The van der Waals surface area contributed by atoms with Gasteiger partial charge in [-0.05, 0) is 55.0 Å². The summed E-state index contributed by atoms with van der Waals surface area (Å²) in [7, 11) is 0. The maximum absolute atomic E-state index is 3.58. The molecular weight excluding hydrogens is 272 g/mol. The van der Waals surface area contributed by atoms with E-state index in [1.54, 1.807) is 0 Å². The van der Waals surface area contributed by atoms with Crippen LogP contribution in [0.2, 0.25) is 0 Å². The molecule has 0 amide bonds. The van der Waals surface area contributed by atoms with E-state index >= 15 is 0 Å². The van der Waals surface area contributed by atoms with Crippen LogP contribution in [0.4, 0.5) is 0 Å². The Morgan fingerprint density at radius 1 is 0.882 bits per heavy atom. The average Bonchev–Trinajstić information content (AvgIpc) is 2.33. The Kier molecular flexibility index (Phi) is 4.01. The molecule has 2 rings (SSSR count). The molecule has 0 radical (unpaired) electrons. The molecular formula is C16H17Br.